The van der Waals surface area contributed by atoms with E-state index in [1.54, 1.807) is 5.32 Å². The minimum Gasteiger partial charge on any atom is -0.501 e. The first-order chi connectivity index (χ1) is 20.6. The maximum atomic E-state index is 13.3. The van der Waals surface area contributed by atoms with Crippen LogP contribution >= 0.6 is 0 Å². The van der Waals surface area contributed by atoms with Gasteiger partial charge < -0.3 is 20.2 Å². The van der Waals surface area contributed by atoms with Crippen molar-refractivity contribution in [1.82, 2.24) is 30.4 Å². The summed E-state index contributed by atoms with van der Waals surface area (Å²) < 4.78 is 127. The van der Waals surface area contributed by atoms with Gasteiger partial charge >= 0.3 is 11.8 Å². The molecule has 3 N–H and O–H groups in total. The maximum Gasteiger partial charge on any atom is 0.309 e. The Labute approximate surface area is 201 Å². The van der Waals surface area contributed by atoms with Gasteiger partial charge in [-0.3, -0.25) is 19.0 Å². The number of benzene rings is 1. The maximum absolute atomic E-state index is 13.3. The highest BCUT2D eigenvalue weighted by atomic mass is 19.1. The van der Waals surface area contributed by atoms with Crippen molar-refractivity contribution >= 4 is 11.8 Å². The topological polar surface area (TPSA) is 152 Å². The molecule has 0 saturated heterocycles. The van der Waals surface area contributed by atoms with Crippen LogP contribution in [0, 0.1) is 12.7 Å². The van der Waals surface area contributed by atoms with Crippen LogP contribution in [-0.4, -0.2) is 36.7 Å². The molecule has 0 aliphatic carbocycles. The molecule has 32 heavy (non-hydrogen) atoms. The lowest BCUT2D eigenvalue weighted by Gasteiger charge is -2.27. The van der Waals surface area contributed by atoms with Crippen LogP contribution in [0.2, 0.25) is 0 Å². The van der Waals surface area contributed by atoms with Crippen LogP contribution in [0.3, 0.4) is 0 Å². The van der Waals surface area contributed by atoms with Gasteiger partial charge in [-0.15, -0.1) is 10.2 Å². The number of aromatic hydroxyl groups is 1. The number of rotatable bonds is 6. The Morgan fingerprint density at radius 2 is 2.03 bits per heavy atom. The van der Waals surface area contributed by atoms with E-state index >= 15 is 0 Å². The van der Waals surface area contributed by atoms with Crippen LogP contribution in [0.15, 0.2) is 33.5 Å². The van der Waals surface area contributed by atoms with Gasteiger partial charge in [0, 0.05) is 36.8 Å². The lowest BCUT2D eigenvalue weighted by atomic mass is 10.0. The SMILES string of the molecule is [2H]C([2H])([2H])c1nnc(C(=O)NC(c2nc(C(=O)NC([2H])([2H])c3ccc(F)cc3)c(O)c(=O)n2C([2H])([2H])[2H])(C([2H])([2H])[2H])C([2H])([2H])[2H])o1. The third-order valence-electron chi connectivity index (χ3n) is 3.69. The average molecular weight is 459 g/mol. The third kappa shape index (κ3) is 4.63. The second kappa shape index (κ2) is 8.57. The Kier molecular flexibility index (Phi) is 2.81. The number of hydrogen-bond acceptors (Lipinski definition) is 8. The van der Waals surface area contributed by atoms with Crippen molar-refractivity contribution in [2.75, 3.05) is 0 Å². The van der Waals surface area contributed by atoms with Gasteiger partial charge in [0.2, 0.25) is 11.6 Å². The summed E-state index contributed by atoms with van der Waals surface area (Å²) in [6, 6.07) is 3.44. The standard InChI is InChI=1S/C20H21FN6O5/c1-10-25-26-17(32-10)16(30)24-20(2,3)19-23-13(14(28)18(31)27(19)4)15(29)22-9-11-5-7-12(21)8-6-11/h5-8,28H,9H2,1-4H3,(H,22,29)(H,24,30)/i1D3,2D3,3D3,4D3,9D2. The summed E-state index contributed by atoms with van der Waals surface area (Å²) in [5.74, 6) is -10.6. The van der Waals surface area contributed by atoms with E-state index in [2.05, 4.69) is 15.2 Å². The van der Waals surface area contributed by atoms with Crippen LogP contribution in [0.1, 0.15) is 71.3 Å². The van der Waals surface area contributed by atoms with Crippen LogP contribution < -0.4 is 16.2 Å². The summed E-state index contributed by atoms with van der Waals surface area (Å²) in [6.45, 7) is -18.1. The fourth-order valence-corrected chi connectivity index (χ4v) is 2.24. The van der Waals surface area contributed by atoms with Crippen molar-refractivity contribution < 1.29 is 42.7 Å². The molecule has 3 rings (SSSR count). The van der Waals surface area contributed by atoms with Crippen LogP contribution in [0.25, 0.3) is 0 Å². The molecule has 0 fully saturated rings. The number of halogens is 1. The van der Waals surface area contributed by atoms with Crippen molar-refractivity contribution in [3.8, 4) is 5.75 Å². The molecular formula is C20H21FN6O5. The van der Waals surface area contributed by atoms with Gasteiger partial charge in [0.05, 0.1) is 8.28 Å². The van der Waals surface area contributed by atoms with E-state index in [0.29, 0.717) is 0 Å². The zero-order chi connectivity index (χ0) is 35.4. The highest BCUT2D eigenvalue weighted by molar-refractivity contribution is 5.94. The fourth-order valence-electron chi connectivity index (χ4n) is 2.24. The van der Waals surface area contributed by atoms with Crippen molar-refractivity contribution in [3.05, 3.63) is 69.3 Å². The Morgan fingerprint density at radius 3 is 2.66 bits per heavy atom. The molecule has 0 bridgehead atoms. The van der Waals surface area contributed by atoms with Gasteiger partial charge in [0.15, 0.2) is 5.69 Å². The predicted molar refractivity (Wildman–Crippen MR) is 108 cm³/mol. The van der Waals surface area contributed by atoms with Gasteiger partial charge in [0.1, 0.15) is 11.6 Å². The smallest absolute Gasteiger partial charge is 0.309 e. The molecule has 12 heteroatoms. The molecule has 3 aromatic rings. The van der Waals surface area contributed by atoms with Crippen LogP contribution in [0.4, 0.5) is 4.39 Å². The second-order valence-corrected chi connectivity index (χ2v) is 5.98. The van der Waals surface area contributed by atoms with E-state index in [0.717, 1.165) is 24.3 Å². The molecular weight excluding hydrogens is 423 g/mol. The number of hydrogen-bond donors (Lipinski definition) is 3. The summed E-state index contributed by atoms with van der Waals surface area (Å²) in [5, 5.41) is 19.9. The number of amides is 2. The van der Waals surface area contributed by atoms with Crippen molar-refractivity contribution in [1.29, 1.82) is 0 Å². The van der Waals surface area contributed by atoms with Crippen LogP contribution in [0.5, 0.6) is 5.75 Å². The lowest BCUT2D eigenvalue weighted by molar-refractivity contribution is 0.0869. The lowest BCUT2D eigenvalue weighted by Crippen LogP contribution is -2.46. The Morgan fingerprint density at radius 1 is 1.28 bits per heavy atom. The first-order valence-electron chi connectivity index (χ1n) is 15.3. The number of carbonyl (C=O) groups is 2. The number of carbonyl (C=O) groups excluding carboxylic acids is 2. The van der Waals surface area contributed by atoms with Gasteiger partial charge in [-0.25, -0.2) is 9.37 Å². The number of nitrogens with zero attached hydrogens (tertiary/aromatic N) is 4. The predicted octanol–water partition coefficient (Wildman–Crippen LogP) is 0.912. The molecule has 0 spiro atoms. The molecule has 1 aromatic carbocycles. The number of aromatic nitrogens is 4. The van der Waals surface area contributed by atoms with Crippen molar-refractivity contribution in [2.45, 2.75) is 32.6 Å². The number of aryl methyl sites for hydroxylation is 1. The molecule has 2 aromatic heterocycles. The molecule has 2 amide bonds. The molecule has 0 atom stereocenters. The second-order valence-electron chi connectivity index (χ2n) is 5.98. The molecule has 2 heterocycles. The van der Waals surface area contributed by atoms with Gasteiger partial charge in [-0.2, -0.15) is 0 Å². The zero-order valence-electron chi connectivity index (χ0n) is 29.6. The van der Waals surface area contributed by atoms with Crippen molar-refractivity contribution in [3.63, 3.8) is 0 Å². The molecule has 0 saturated carbocycles. The minimum atomic E-state index is -4.11. The number of nitrogens with one attached hydrogen (secondary N) is 2. The van der Waals surface area contributed by atoms with Gasteiger partial charge in [-0.05, 0) is 31.4 Å². The summed E-state index contributed by atoms with van der Waals surface area (Å²) in [5.41, 5.74) is -8.16. The monoisotopic (exact) mass is 458 g/mol. The van der Waals surface area contributed by atoms with E-state index in [4.69, 9.17) is 23.6 Å². The minimum absolute atomic E-state index is 0.389. The highest BCUT2D eigenvalue weighted by Gasteiger charge is 2.32. The molecule has 168 valence electrons. The summed E-state index contributed by atoms with van der Waals surface area (Å²) >= 11 is 0. The van der Waals surface area contributed by atoms with E-state index in [-0.39, 0.29) is 5.56 Å². The first-order valence-corrected chi connectivity index (χ1v) is 8.27. The quantitative estimate of drug-likeness (QED) is 0.493. The Hall–Kier alpha value is -4.09. The molecule has 0 aliphatic rings. The van der Waals surface area contributed by atoms with E-state index in [9.17, 15) is 23.9 Å². The average Bonchev–Trinajstić information content (AvgIpc) is 3.38. The van der Waals surface area contributed by atoms with E-state index in [1.165, 1.54) is 5.32 Å². The van der Waals surface area contributed by atoms with Crippen molar-refractivity contribution in [2.24, 2.45) is 6.98 Å². The fraction of sp³-hybridized carbons (Fsp3) is 0.300. The van der Waals surface area contributed by atoms with E-state index in [1.807, 2.05) is 0 Å². The summed E-state index contributed by atoms with van der Waals surface area (Å²) in [7, 11) is 0. The van der Waals surface area contributed by atoms with Gasteiger partial charge in [-0.1, -0.05) is 12.1 Å². The third-order valence-corrected chi connectivity index (χ3v) is 3.69. The first kappa shape index (κ1) is 10.5. The molecule has 11 nitrogen and oxygen atoms in total. The van der Waals surface area contributed by atoms with Gasteiger partial charge in [0.25, 0.3) is 11.5 Å². The zero-order valence-corrected chi connectivity index (χ0v) is 15.6. The largest absolute Gasteiger partial charge is 0.501 e. The summed E-state index contributed by atoms with van der Waals surface area (Å²) in [6.07, 6.45) is 0. The highest BCUT2D eigenvalue weighted by Crippen LogP contribution is 2.20. The van der Waals surface area contributed by atoms with Crippen LogP contribution in [-0.2, 0) is 19.0 Å². The summed E-state index contributed by atoms with van der Waals surface area (Å²) in [4.78, 5) is 42.9. The Bertz CT molecular complexity index is 1700. The molecule has 0 radical (unpaired) electrons. The van der Waals surface area contributed by atoms with E-state index < -0.39 is 96.4 Å². The molecule has 0 unspecified atom stereocenters. The molecule has 0 aliphatic heterocycles. The Balaban J connectivity index is 2.36. The normalized spacial score (nSPS) is 19.8.